The van der Waals surface area contributed by atoms with E-state index in [9.17, 15) is 19.5 Å². The third-order valence-corrected chi connectivity index (χ3v) is 5.13. The Morgan fingerprint density at radius 2 is 1.77 bits per heavy atom. The zero-order chi connectivity index (χ0) is 18.8. The number of phenols is 1. The molecule has 0 spiro atoms. The number of anilines is 2. The Balaban J connectivity index is 1.69. The Hall–Kier alpha value is -2.22. The zero-order valence-corrected chi connectivity index (χ0v) is 15.4. The molecule has 0 bridgehead atoms. The van der Waals surface area contributed by atoms with E-state index in [0.717, 1.165) is 16.7 Å². The van der Waals surface area contributed by atoms with Crippen LogP contribution in [0, 0.1) is 0 Å². The van der Waals surface area contributed by atoms with Crippen LogP contribution in [0.15, 0.2) is 42.5 Å². The number of hydrogen-bond acceptors (Lipinski definition) is 5. The van der Waals surface area contributed by atoms with E-state index in [2.05, 4.69) is 5.32 Å². The molecule has 1 fully saturated rings. The number of amides is 3. The first-order valence-corrected chi connectivity index (χ1v) is 9.07. The van der Waals surface area contributed by atoms with Crippen LogP contribution >= 0.6 is 35.0 Å². The average molecular weight is 411 g/mol. The molecule has 1 unspecified atom stereocenters. The van der Waals surface area contributed by atoms with Crippen LogP contribution in [-0.2, 0) is 9.59 Å². The van der Waals surface area contributed by atoms with Gasteiger partial charge in [-0.15, -0.1) is 0 Å². The van der Waals surface area contributed by atoms with Crippen molar-refractivity contribution in [1.82, 2.24) is 0 Å². The van der Waals surface area contributed by atoms with Gasteiger partial charge in [-0.3, -0.25) is 14.4 Å². The maximum atomic E-state index is 12.5. The number of benzene rings is 2. The van der Waals surface area contributed by atoms with Crippen LogP contribution in [-0.4, -0.2) is 27.4 Å². The second-order valence-corrected chi connectivity index (χ2v) is 7.46. The summed E-state index contributed by atoms with van der Waals surface area (Å²) in [5.74, 6) is -1.14. The highest BCUT2D eigenvalue weighted by Gasteiger charge is 2.41. The molecule has 1 saturated heterocycles. The Morgan fingerprint density at radius 3 is 2.46 bits per heavy atom. The van der Waals surface area contributed by atoms with Crippen molar-refractivity contribution in [3.05, 3.63) is 52.5 Å². The normalized spacial score (nSPS) is 16.8. The van der Waals surface area contributed by atoms with Crippen molar-refractivity contribution in [2.24, 2.45) is 0 Å². The van der Waals surface area contributed by atoms with E-state index in [-0.39, 0.29) is 17.9 Å². The second-order valence-electron chi connectivity index (χ2n) is 5.44. The van der Waals surface area contributed by atoms with Crippen LogP contribution in [0.25, 0.3) is 0 Å². The number of halogens is 2. The van der Waals surface area contributed by atoms with Gasteiger partial charge in [-0.25, -0.2) is 4.90 Å². The molecule has 1 heterocycles. The number of hydrogen-bond donors (Lipinski definition) is 2. The lowest BCUT2D eigenvalue weighted by molar-refractivity contribution is -0.121. The fraction of sp³-hybridized carbons (Fsp3) is 0.118. The zero-order valence-electron chi connectivity index (χ0n) is 13.1. The van der Waals surface area contributed by atoms with Crippen LogP contribution in [0.1, 0.15) is 6.42 Å². The molecular formula is C17H12Cl2N2O4S. The molecule has 2 N–H and O–H groups in total. The third kappa shape index (κ3) is 3.95. The van der Waals surface area contributed by atoms with Gasteiger partial charge in [-0.2, -0.15) is 0 Å². The molecule has 3 amide bonds. The largest absolute Gasteiger partial charge is 0.506 e. The van der Waals surface area contributed by atoms with Gasteiger partial charge in [0, 0.05) is 16.5 Å². The van der Waals surface area contributed by atoms with Gasteiger partial charge in [0.1, 0.15) is 11.0 Å². The first kappa shape index (κ1) is 18.6. The van der Waals surface area contributed by atoms with Gasteiger partial charge in [0.25, 0.3) is 5.24 Å². The van der Waals surface area contributed by atoms with Crippen molar-refractivity contribution < 1.29 is 19.5 Å². The molecule has 134 valence electrons. The van der Waals surface area contributed by atoms with Gasteiger partial charge in [-0.1, -0.05) is 23.2 Å². The summed E-state index contributed by atoms with van der Waals surface area (Å²) >= 11 is 12.4. The standard InChI is InChI=1S/C17H12Cl2N2O4S/c18-9-1-4-11(5-2-9)21-16(24)14(26-17(21)25)8-15(23)20-12-7-10(19)3-6-13(12)22/h1-7,14,22H,8H2,(H,20,23). The number of thioether (sulfide) groups is 1. The van der Waals surface area contributed by atoms with Crippen LogP contribution in [0.3, 0.4) is 0 Å². The lowest BCUT2D eigenvalue weighted by atomic mass is 10.2. The fourth-order valence-corrected chi connectivity index (χ4v) is 3.67. The lowest BCUT2D eigenvalue weighted by Crippen LogP contribution is -2.32. The Labute approximate surface area is 163 Å². The number of phenolic OH excluding ortho intramolecular Hbond substituents is 1. The van der Waals surface area contributed by atoms with Gasteiger partial charge < -0.3 is 10.4 Å². The second kappa shape index (κ2) is 7.57. The number of rotatable bonds is 4. The van der Waals surface area contributed by atoms with E-state index in [0.29, 0.717) is 15.7 Å². The van der Waals surface area contributed by atoms with E-state index in [1.165, 1.54) is 18.2 Å². The molecular weight excluding hydrogens is 399 g/mol. The van der Waals surface area contributed by atoms with Crippen LogP contribution in [0.4, 0.5) is 16.2 Å². The monoisotopic (exact) mass is 410 g/mol. The van der Waals surface area contributed by atoms with Gasteiger partial charge in [0.15, 0.2) is 0 Å². The van der Waals surface area contributed by atoms with Gasteiger partial charge >= 0.3 is 0 Å². The SMILES string of the molecule is O=C(CC1SC(=O)N(c2ccc(Cl)cc2)C1=O)Nc1cc(Cl)ccc1O. The molecule has 0 aromatic heterocycles. The number of nitrogens with zero attached hydrogens (tertiary/aromatic N) is 1. The maximum absolute atomic E-state index is 12.5. The highest BCUT2D eigenvalue weighted by atomic mass is 35.5. The summed E-state index contributed by atoms with van der Waals surface area (Å²) in [6, 6.07) is 10.5. The molecule has 9 heteroatoms. The minimum atomic E-state index is -0.848. The summed E-state index contributed by atoms with van der Waals surface area (Å²) < 4.78 is 0. The van der Waals surface area contributed by atoms with Crippen LogP contribution in [0.2, 0.25) is 10.0 Å². The molecule has 0 radical (unpaired) electrons. The Morgan fingerprint density at radius 1 is 1.12 bits per heavy atom. The molecule has 1 atom stereocenters. The lowest BCUT2D eigenvalue weighted by Gasteiger charge is -2.14. The number of carbonyl (C=O) groups excluding carboxylic acids is 3. The summed E-state index contributed by atoms with van der Waals surface area (Å²) in [4.78, 5) is 37.9. The molecule has 26 heavy (non-hydrogen) atoms. The predicted octanol–water partition coefficient (Wildman–Crippen LogP) is 4.30. The summed E-state index contributed by atoms with van der Waals surface area (Å²) in [6.45, 7) is 0. The number of nitrogens with one attached hydrogen (secondary N) is 1. The number of aromatic hydroxyl groups is 1. The molecule has 6 nitrogen and oxygen atoms in total. The third-order valence-electron chi connectivity index (χ3n) is 3.61. The number of imide groups is 1. The predicted molar refractivity (Wildman–Crippen MR) is 102 cm³/mol. The summed E-state index contributed by atoms with van der Waals surface area (Å²) in [6.07, 6.45) is -0.217. The van der Waals surface area contributed by atoms with Crippen molar-refractivity contribution in [3.8, 4) is 5.75 Å². The Kier molecular flexibility index (Phi) is 5.41. The molecule has 0 aliphatic carbocycles. The van der Waals surface area contributed by atoms with Crippen LogP contribution < -0.4 is 10.2 Å². The minimum absolute atomic E-state index is 0.138. The summed E-state index contributed by atoms with van der Waals surface area (Å²) in [7, 11) is 0. The van der Waals surface area contributed by atoms with E-state index in [1.807, 2.05) is 0 Å². The highest BCUT2D eigenvalue weighted by molar-refractivity contribution is 8.15. The van der Waals surface area contributed by atoms with Gasteiger partial charge in [-0.05, 0) is 54.2 Å². The van der Waals surface area contributed by atoms with Crippen molar-refractivity contribution in [1.29, 1.82) is 0 Å². The van der Waals surface area contributed by atoms with Gasteiger partial charge in [0.05, 0.1) is 11.4 Å². The molecule has 2 aromatic carbocycles. The minimum Gasteiger partial charge on any atom is -0.506 e. The van der Waals surface area contributed by atoms with E-state index >= 15 is 0 Å². The molecule has 2 aromatic rings. The highest BCUT2D eigenvalue weighted by Crippen LogP contribution is 2.34. The fourth-order valence-electron chi connectivity index (χ4n) is 2.39. The average Bonchev–Trinajstić information content (AvgIpc) is 2.86. The van der Waals surface area contributed by atoms with Crippen LogP contribution in [0.5, 0.6) is 5.75 Å². The molecule has 1 aliphatic rings. The quantitative estimate of drug-likeness (QED) is 0.733. The van der Waals surface area contributed by atoms with E-state index in [4.69, 9.17) is 23.2 Å². The molecule has 3 rings (SSSR count). The Bertz CT molecular complexity index is 889. The first-order chi connectivity index (χ1) is 12.3. The number of carbonyl (C=O) groups is 3. The molecule has 0 saturated carbocycles. The maximum Gasteiger partial charge on any atom is 0.293 e. The van der Waals surface area contributed by atoms with Crippen molar-refractivity contribution in [2.75, 3.05) is 10.2 Å². The smallest absolute Gasteiger partial charge is 0.293 e. The van der Waals surface area contributed by atoms with E-state index < -0.39 is 22.3 Å². The first-order valence-electron chi connectivity index (χ1n) is 7.43. The van der Waals surface area contributed by atoms with Crippen molar-refractivity contribution in [2.45, 2.75) is 11.7 Å². The molecule has 1 aliphatic heterocycles. The van der Waals surface area contributed by atoms with Crippen molar-refractivity contribution in [3.63, 3.8) is 0 Å². The van der Waals surface area contributed by atoms with Crippen molar-refractivity contribution >= 4 is 63.4 Å². The van der Waals surface area contributed by atoms with Gasteiger partial charge in [0.2, 0.25) is 11.8 Å². The topological polar surface area (TPSA) is 86.7 Å². The summed E-state index contributed by atoms with van der Waals surface area (Å²) in [5.41, 5.74) is 0.533. The summed E-state index contributed by atoms with van der Waals surface area (Å²) in [5, 5.41) is 11.7. The van der Waals surface area contributed by atoms with E-state index in [1.54, 1.807) is 24.3 Å².